The van der Waals surface area contributed by atoms with Gasteiger partial charge in [0.1, 0.15) is 6.23 Å². The first-order chi connectivity index (χ1) is 8.40. The van der Waals surface area contributed by atoms with E-state index in [4.69, 9.17) is 9.84 Å². The number of carbonyl (C=O) groups is 1. The zero-order chi connectivity index (χ0) is 13.4. The van der Waals surface area contributed by atoms with Crippen LogP contribution in [0.1, 0.15) is 12.6 Å². The average Bonchev–Trinajstić information content (AvgIpc) is 2.65. The molecule has 98 valence electrons. The second kappa shape index (κ2) is 4.35. The molecule has 0 bridgehead atoms. The number of hydrogen-bond donors (Lipinski definition) is 3. The number of halogens is 1. The summed E-state index contributed by atoms with van der Waals surface area (Å²) in [5, 5.41) is 18.1. The van der Waals surface area contributed by atoms with Crippen LogP contribution < -0.4 is 11.2 Å². The standard InChI is InChI=1S/C9H9FN2O6/c10-3-2-12(9(17)11-7(3)14)5-1-4(13)6(18-5)8(15)16/h2,4-6,13H,1H2,(H,15,16)(H,11,14,17)/t4-,5+,6-/m0/s1. The van der Waals surface area contributed by atoms with E-state index in [0.717, 1.165) is 0 Å². The number of nitrogens with zero attached hydrogens (tertiary/aromatic N) is 1. The van der Waals surface area contributed by atoms with Gasteiger partial charge < -0.3 is 14.9 Å². The van der Waals surface area contributed by atoms with Crippen LogP contribution in [0.15, 0.2) is 15.8 Å². The average molecular weight is 260 g/mol. The number of carboxylic acid groups (broad SMARTS) is 1. The Hall–Kier alpha value is -2.00. The van der Waals surface area contributed by atoms with E-state index < -0.39 is 41.5 Å². The first-order valence-electron chi connectivity index (χ1n) is 4.97. The van der Waals surface area contributed by atoms with Crippen LogP contribution in [-0.4, -0.2) is 37.9 Å². The van der Waals surface area contributed by atoms with Gasteiger partial charge in [-0.05, 0) is 0 Å². The van der Waals surface area contributed by atoms with E-state index >= 15 is 0 Å². The largest absolute Gasteiger partial charge is 0.479 e. The maximum absolute atomic E-state index is 13.0. The molecule has 18 heavy (non-hydrogen) atoms. The molecule has 1 saturated heterocycles. The van der Waals surface area contributed by atoms with Crippen LogP contribution in [0.3, 0.4) is 0 Å². The third-order valence-corrected chi connectivity index (χ3v) is 2.57. The summed E-state index contributed by atoms with van der Waals surface area (Å²) in [4.78, 5) is 34.6. The monoisotopic (exact) mass is 260 g/mol. The molecule has 8 nitrogen and oxygen atoms in total. The zero-order valence-corrected chi connectivity index (χ0v) is 8.87. The Morgan fingerprint density at radius 1 is 1.56 bits per heavy atom. The maximum Gasteiger partial charge on any atom is 0.335 e. The Labute approximate surface area is 98.3 Å². The van der Waals surface area contributed by atoms with Gasteiger partial charge in [-0.2, -0.15) is 4.39 Å². The molecule has 1 fully saturated rings. The highest BCUT2D eigenvalue weighted by Crippen LogP contribution is 2.27. The number of aliphatic hydroxyl groups is 1. The van der Waals surface area contributed by atoms with Crippen molar-refractivity contribution in [3.8, 4) is 0 Å². The molecular formula is C9H9FN2O6. The molecule has 1 aromatic rings. The summed E-state index contributed by atoms with van der Waals surface area (Å²) in [5.41, 5.74) is -2.12. The van der Waals surface area contributed by atoms with E-state index in [-0.39, 0.29) is 6.42 Å². The minimum atomic E-state index is -1.49. The number of aromatic amines is 1. The minimum absolute atomic E-state index is 0.192. The highest BCUT2D eigenvalue weighted by Gasteiger charge is 2.40. The topological polar surface area (TPSA) is 122 Å². The lowest BCUT2D eigenvalue weighted by Gasteiger charge is -2.13. The highest BCUT2D eigenvalue weighted by molar-refractivity contribution is 5.73. The van der Waals surface area contributed by atoms with Crippen molar-refractivity contribution in [2.45, 2.75) is 24.9 Å². The third-order valence-electron chi connectivity index (χ3n) is 2.57. The van der Waals surface area contributed by atoms with E-state index in [1.54, 1.807) is 4.98 Å². The Kier molecular flexibility index (Phi) is 3.01. The van der Waals surface area contributed by atoms with Crippen molar-refractivity contribution in [1.82, 2.24) is 9.55 Å². The lowest BCUT2D eigenvalue weighted by molar-refractivity contribution is -0.155. The van der Waals surface area contributed by atoms with Crippen molar-refractivity contribution in [3.05, 3.63) is 32.9 Å². The first kappa shape index (κ1) is 12.5. The van der Waals surface area contributed by atoms with E-state index in [0.29, 0.717) is 10.8 Å². The third kappa shape index (κ3) is 2.05. The van der Waals surface area contributed by atoms with Crippen LogP contribution in [0, 0.1) is 5.82 Å². The normalized spacial score (nSPS) is 27.3. The molecule has 2 heterocycles. The van der Waals surface area contributed by atoms with Crippen molar-refractivity contribution >= 4 is 5.97 Å². The molecule has 0 radical (unpaired) electrons. The van der Waals surface area contributed by atoms with E-state index in [1.807, 2.05) is 0 Å². The van der Waals surface area contributed by atoms with Gasteiger partial charge in [0.25, 0.3) is 5.56 Å². The quantitative estimate of drug-likeness (QED) is 0.589. The van der Waals surface area contributed by atoms with Gasteiger partial charge in [0, 0.05) is 6.42 Å². The number of nitrogens with one attached hydrogen (secondary N) is 1. The molecule has 0 spiro atoms. The smallest absolute Gasteiger partial charge is 0.335 e. The van der Waals surface area contributed by atoms with Crippen LogP contribution in [0.4, 0.5) is 4.39 Å². The van der Waals surface area contributed by atoms with Crippen LogP contribution >= 0.6 is 0 Å². The Bertz CT molecular complexity index is 593. The lowest BCUT2D eigenvalue weighted by Crippen LogP contribution is -2.34. The zero-order valence-electron chi connectivity index (χ0n) is 8.87. The molecule has 0 aromatic carbocycles. The van der Waals surface area contributed by atoms with Crippen molar-refractivity contribution in [2.24, 2.45) is 0 Å². The Balaban J connectivity index is 2.35. The predicted molar refractivity (Wildman–Crippen MR) is 53.5 cm³/mol. The van der Waals surface area contributed by atoms with Gasteiger partial charge in [-0.1, -0.05) is 0 Å². The number of aromatic nitrogens is 2. The fraction of sp³-hybridized carbons (Fsp3) is 0.444. The summed E-state index contributed by atoms with van der Waals surface area (Å²) in [6, 6.07) is 0. The lowest BCUT2D eigenvalue weighted by atomic mass is 10.2. The van der Waals surface area contributed by atoms with Gasteiger partial charge in [-0.3, -0.25) is 14.3 Å². The number of hydrogen-bond acceptors (Lipinski definition) is 5. The molecule has 3 atom stereocenters. The van der Waals surface area contributed by atoms with Gasteiger partial charge in [-0.25, -0.2) is 9.59 Å². The summed E-state index contributed by atoms with van der Waals surface area (Å²) < 4.78 is 18.6. The number of carboxylic acids is 1. The van der Waals surface area contributed by atoms with Gasteiger partial charge in [0.15, 0.2) is 6.10 Å². The van der Waals surface area contributed by atoms with Crippen LogP contribution in [0.2, 0.25) is 0 Å². The second-order valence-corrected chi connectivity index (χ2v) is 3.80. The fourth-order valence-corrected chi connectivity index (χ4v) is 1.72. The number of rotatable bonds is 2. The number of aliphatic carboxylic acids is 1. The minimum Gasteiger partial charge on any atom is -0.479 e. The SMILES string of the molecule is O=C(O)[C@H]1O[C@@H](n2cc(F)c(=O)[nH]c2=O)C[C@@H]1O. The number of H-pyrrole nitrogens is 1. The van der Waals surface area contributed by atoms with E-state index in [9.17, 15) is 23.9 Å². The number of ether oxygens (including phenoxy) is 1. The van der Waals surface area contributed by atoms with Crippen LogP contribution in [-0.2, 0) is 9.53 Å². The van der Waals surface area contributed by atoms with Crippen LogP contribution in [0.5, 0.6) is 0 Å². The molecule has 2 rings (SSSR count). The molecule has 1 aliphatic rings. The molecule has 0 unspecified atom stereocenters. The van der Waals surface area contributed by atoms with Crippen molar-refractivity contribution in [1.29, 1.82) is 0 Å². The number of aliphatic hydroxyl groups excluding tert-OH is 1. The first-order valence-corrected chi connectivity index (χ1v) is 4.97. The summed E-state index contributed by atoms with van der Waals surface area (Å²) in [6.45, 7) is 0. The Morgan fingerprint density at radius 2 is 2.22 bits per heavy atom. The molecule has 0 aliphatic carbocycles. The molecule has 3 N–H and O–H groups in total. The summed E-state index contributed by atoms with van der Waals surface area (Å²) in [7, 11) is 0. The molecule has 1 aromatic heterocycles. The second-order valence-electron chi connectivity index (χ2n) is 3.80. The fourth-order valence-electron chi connectivity index (χ4n) is 1.72. The van der Waals surface area contributed by atoms with Crippen molar-refractivity contribution in [2.75, 3.05) is 0 Å². The van der Waals surface area contributed by atoms with Crippen molar-refractivity contribution in [3.63, 3.8) is 0 Å². The summed E-state index contributed by atoms with van der Waals surface area (Å²) in [6.07, 6.45) is -3.52. The van der Waals surface area contributed by atoms with Crippen molar-refractivity contribution < 1.29 is 24.1 Å². The Morgan fingerprint density at radius 3 is 2.78 bits per heavy atom. The van der Waals surface area contributed by atoms with Gasteiger partial charge >= 0.3 is 11.7 Å². The molecular weight excluding hydrogens is 251 g/mol. The molecule has 9 heteroatoms. The van der Waals surface area contributed by atoms with Crippen LogP contribution in [0.25, 0.3) is 0 Å². The predicted octanol–water partition coefficient (Wildman–Crippen LogP) is -1.59. The molecule has 0 saturated carbocycles. The van der Waals surface area contributed by atoms with E-state index in [2.05, 4.69) is 0 Å². The van der Waals surface area contributed by atoms with E-state index in [1.165, 1.54) is 0 Å². The van der Waals surface area contributed by atoms with Gasteiger partial charge in [0.2, 0.25) is 5.82 Å². The van der Waals surface area contributed by atoms with Gasteiger partial charge in [-0.15, -0.1) is 0 Å². The molecule has 0 amide bonds. The maximum atomic E-state index is 13.0. The highest BCUT2D eigenvalue weighted by atomic mass is 19.1. The summed E-state index contributed by atoms with van der Waals surface area (Å²) in [5.74, 6) is -2.59. The molecule has 1 aliphatic heterocycles. The van der Waals surface area contributed by atoms with Gasteiger partial charge in [0.05, 0.1) is 12.3 Å². The summed E-state index contributed by atoms with van der Waals surface area (Å²) >= 11 is 0.